The van der Waals surface area contributed by atoms with Gasteiger partial charge < -0.3 is 5.32 Å². The molecule has 2 aromatic rings. The van der Waals surface area contributed by atoms with Crippen molar-refractivity contribution in [2.45, 2.75) is 31.1 Å². The van der Waals surface area contributed by atoms with Crippen LogP contribution in [0, 0.1) is 6.92 Å². The van der Waals surface area contributed by atoms with Crippen LogP contribution in [0.15, 0.2) is 28.5 Å². The topological polar surface area (TPSA) is 63.2 Å². The summed E-state index contributed by atoms with van der Waals surface area (Å²) in [6.45, 7) is 2.06. The number of rotatable bonds is 6. The SMILES string of the molecule is Cc1ccc(CCCC(=O)Nc2sccc2S(C)(=O)=O)s1. The Morgan fingerprint density at radius 3 is 2.67 bits per heavy atom. The van der Waals surface area contributed by atoms with Gasteiger partial charge in [-0.25, -0.2) is 8.42 Å². The van der Waals surface area contributed by atoms with E-state index in [1.165, 1.54) is 27.2 Å². The summed E-state index contributed by atoms with van der Waals surface area (Å²) in [5.41, 5.74) is 0. The molecule has 21 heavy (non-hydrogen) atoms. The van der Waals surface area contributed by atoms with Crippen molar-refractivity contribution >= 4 is 43.4 Å². The van der Waals surface area contributed by atoms with Gasteiger partial charge in [-0.2, -0.15) is 0 Å². The quantitative estimate of drug-likeness (QED) is 0.873. The van der Waals surface area contributed by atoms with E-state index in [2.05, 4.69) is 24.4 Å². The Morgan fingerprint density at radius 1 is 1.29 bits per heavy atom. The third-order valence-electron chi connectivity index (χ3n) is 2.90. The molecule has 0 spiro atoms. The highest BCUT2D eigenvalue weighted by atomic mass is 32.2. The Balaban J connectivity index is 1.86. The number of carbonyl (C=O) groups is 1. The molecule has 0 aromatic carbocycles. The van der Waals surface area contributed by atoms with Gasteiger partial charge in [0, 0.05) is 22.4 Å². The summed E-state index contributed by atoms with van der Waals surface area (Å²) in [5.74, 6) is -0.143. The fourth-order valence-electron chi connectivity index (χ4n) is 1.91. The molecule has 0 aliphatic rings. The Hall–Kier alpha value is -1.18. The van der Waals surface area contributed by atoms with Crippen LogP contribution >= 0.6 is 22.7 Å². The Labute approximate surface area is 132 Å². The normalized spacial score (nSPS) is 11.5. The molecule has 114 valence electrons. The van der Waals surface area contributed by atoms with Gasteiger partial charge in [0.2, 0.25) is 5.91 Å². The number of sulfone groups is 1. The second-order valence-electron chi connectivity index (χ2n) is 4.80. The van der Waals surface area contributed by atoms with E-state index in [1.807, 2.05) is 0 Å². The number of thiophene rings is 2. The number of carbonyl (C=O) groups excluding carboxylic acids is 1. The lowest BCUT2D eigenvalue weighted by atomic mass is 10.2. The van der Waals surface area contributed by atoms with Crippen molar-refractivity contribution in [1.29, 1.82) is 0 Å². The lowest BCUT2D eigenvalue weighted by Crippen LogP contribution is -2.12. The monoisotopic (exact) mass is 343 g/mol. The van der Waals surface area contributed by atoms with Crippen molar-refractivity contribution in [3.05, 3.63) is 33.3 Å². The van der Waals surface area contributed by atoms with Crippen LogP contribution in [-0.4, -0.2) is 20.6 Å². The molecule has 2 heterocycles. The lowest BCUT2D eigenvalue weighted by molar-refractivity contribution is -0.116. The van der Waals surface area contributed by atoms with E-state index in [9.17, 15) is 13.2 Å². The smallest absolute Gasteiger partial charge is 0.225 e. The Bertz CT molecular complexity index is 728. The van der Waals surface area contributed by atoms with E-state index in [4.69, 9.17) is 0 Å². The molecule has 0 radical (unpaired) electrons. The minimum atomic E-state index is -3.30. The van der Waals surface area contributed by atoms with Gasteiger partial charge in [0.05, 0.1) is 0 Å². The van der Waals surface area contributed by atoms with Gasteiger partial charge in [-0.05, 0) is 43.3 Å². The fourth-order valence-corrected chi connectivity index (χ4v) is 4.93. The summed E-state index contributed by atoms with van der Waals surface area (Å²) in [7, 11) is -3.30. The molecule has 0 fully saturated rings. The molecule has 0 aliphatic heterocycles. The van der Waals surface area contributed by atoms with Crippen molar-refractivity contribution in [2.24, 2.45) is 0 Å². The number of hydrogen-bond donors (Lipinski definition) is 1. The summed E-state index contributed by atoms with van der Waals surface area (Å²) in [4.78, 5) is 14.6. The van der Waals surface area contributed by atoms with Crippen LogP contribution in [0.5, 0.6) is 0 Å². The zero-order chi connectivity index (χ0) is 15.5. The molecule has 2 rings (SSSR count). The van der Waals surface area contributed by atoms with Crippen molar-refractivity contribution < 1.29 is 13.2 Å². The predicted molar refractivity (Wildman–Crippen MR) is 88.1 cm³/mol. The second-order valence-corrected chi connectivity index (χ2v) is 9.07. The van der Waals surface area contributed by atoms with Crippen LogP contribution in [0.1, 0.15) is 22.6 Å². The van der Waals surface area contributed by atoms with Crippen LogP contribution in [-0.2, 0) is 21.1 Å². The van der Waals surface area contributed by atoms with E-state index in [-0.39, 0.29) is 10.8 Å². The van der Waals surface area contributed by atoms with E-state index >= 15 is 0 Å². The van der Waals surface area contributed by atoms with Crippen molar-refractivity contribution in [3.8, 4) is 0 Å². The van der Waals surface area contributed by atoms with Crippen molar-refractivity contribution in [3.63, 3.8) is 0 Å². The first-order chi connectivity index (χ1) is 9.86. The number of nitrogens with one attached hydrogen (secondary N) is 1. The van der Waals surface area contributed by atoms with Crippen LogP contribution in [0.4, 0.5) is 5.00 Å². The zero-order valence-electron chi connectivity index (χ0n) is 11.9. The predicted octanol–water partition coefficient (Wildman–Crippen LogP) is 3.48. The van der Waals surface area contributed by atoms with Gasteiger partial charge in [0.25, 0.3) is 0 Å². The fraction of sp³-hybridized carbons (Fsp3) is 0.357. The molecule has 0 unspecified atom stereocenters. The summed E-state index contributed by atoms with van der Waals surface area (Å²) in [6.07, 6.45) is 3.16. The first-order valence-corrected chi connectivity index (χ1v) is 10.1. The largest absolute Gasteiger partial charge is 0.317 e. The van der Waals surface area contributed by atoms with Crippen molar-refractivity contribution in [2.75, 3.05) is 11.6 Å². The van der Waals surface area contributed by atoms with Gasteiger partial charge >= 0.3 is 0 Å². The molecular formula is C14H17NO3S3. The highest BCUT2D eigenvalue weighted by molar-refractivity contribution is 7.91. The molecular weight excluding hydrogens is 326 g/mol. The van der Waals surface area contributed by atoms with Crippen LogP contribution in [0.3, 0.4) is 0 Å². The molecule has 0 aliphatic carbocycles. The van der Waals surface area contributed by atoms with Gasteiger partial charge in [-0.1, -0.05) is 0 Å². The molecule has 0 atom stereocenters. The number of anilines is 1. The van der Waals surface area contributed by atoms with Gasteiger partial charge in [0.15, 0.2) is 9.84 Å². The van der Waals surface area contributed by atoms with Crippen molar-refractivity contribution in [1.82, 2.24) is 0 Å². The third-order valence-corrected chi connectivity index (χ3v) is 6.06. The molecule has 0 saturated heterocycles. The molecule has 2 aromatic heterocycles. The highest BCUT2D eigenvalue weighted by Gasteiger charge is 2.16. The molecule has 0 bridgehead atoms. The van der Waals surface area contributed by atoms with E-state index in [0.717, 1.165) is 19.1 Å². The summed E-state index contributed by atoms with van der Waals surface area (Å²) >= 11 is 2.97. The number of hydrogen-bond acceptors (Lipinski definition) is 5. The molecule has 0 saturated carbocycles. The van der Waals surface area contributed by atoms with Crippen LogP contribution < -0.4 is 5.32 Å². The average Bonchev–Trinajstić information content (AvgIpc) is 2.98. The summed E-state index contributed by atoms with van der Waals surface area (Å²) in [6, 6.07) is 5.67. The van der Waals surface area contributed by atoms with E-state index in [0.29, 0.717) is 11.4 Å². The number of aryl methyl sites for hydroxylation is 2. The average molecular weight is 343 g/mol. The Kier molecular flexibility index (Phi) is 5.18. The first-order valence-electron chi connectivity index (χ1n) is 6.49. The number of amides is 1. The second kappa shape index (κ2) is 6.72. The maximum Gasteiger partial charge on any atom is 0.225 e. The van der Waals surface area contributed by atoms with Gasteiger partial charge in [-0.3, -0.25) is 4.79 Å². The maximum atomic E-state index is 11.9. The highest BCUT2D eigenvalue weighted by Crippen LogP contribution is 2.27. The van der Waals surface area contributed by atoms with Crippen LogP contribution in [0.25, 0.3) is 0 Å². The summed E-state index contributed by atoms with van der Waals surface area (Å²) < 4.78 is 23.1. The molecule has 1 amide bonds. The standard InChI is InChI=1S/C14H17NO3S3/c1-10-6-7-11(20-10)4-3-5-13(16)15-14-12(8-9-19-14)21(2,17)18/h6-9H,3-5H2,1-2H3,(H,15,16). The lowest BCUT2D eigenvalue weighted by Gasteiger charge is -2.05. The molecule has 4 nitrogen and oxygen atoms in total. The maximum absolute atomic E-state index is 11.9. The zero-order valence-corrected chi connectivity index (χ0v) is 14.3. The molecule has 7 heteroatoms. The Morgan fingerprint density at radius 2 is 2.05 bits per heavy atom. The third kappa shape index (κ3) is 4.66. The van der Waals surface area contributed by atoms with Crippen LogP contribution in [0.2, 0.25) is 0 Å². The van der Waals surface area contributed by atoms with Gasteiger partial charge in [-0.15, -0.1) is 22.7 Å². The minimum absolute atomic E-state index is 0.143. The van der Waals surface area contributed by atoms with E-state index < -0.39 is 9.84 Å². The first kappa shape index (κ1) is 16.2. The molecule has 1 N–H and O–H groups in total. The summed E-state index contributed by atoms with van der Waals surface area (Å²) in [5, 5.41) is 4.77. The van der Waals surface area contributed by atoms with Gasteiger partial charge in [0.1, 0.15) is 9.90 Å². The minimum Gasteiger partial charge on any atom is -0.317 e. The van der Waals surface area contributed by atoms with E-state index in [1.54, 1.807) is 16.7 Å².